The number of rotatable bonds is 6. The molecule has 1 N–H and O–H groups in total. The molecule has 1 aliphatic rings. The highest BCUT2D eigenvalue weighted by Gasteiger charge is 2.36. The van der Waals surface area contributed by atoms with Gasteiger partial charge >= 0.3 is 6.03 Å². The number of sulfonamides is 1. The smallest absolute Gasteiger partial charge is 0.320 e. The summed E-state index contributed by atoms with van der Waals surface area (Å²) >= 11 is 0. The molecule has 1 fully saturated rings. The standard InChI is InChI=1S/C23H31N3O3S/c1-4-25(2)23(27)26-15-9-14-21(24-30(3,28)29)22(26)17-18-10-8-13-20(16-18)19-11-6-5-7-12-19/h5-8,10-13,16,21-22,24H,4,9,14-15,17H2,1-3H3. The van der Waals surface area contributed by atoms with Crippen molar-refractivity contribution >= 4 is 16.1 Å². The molecule has 3 rings (SSSR count). The summed E-state index contributed by atoms with van der Waals surface area (Å²) < 4.78 is 26.7. The Morgan fingerprint density at radius 1 is 1.13 bits per heavy atom. The topological polar surface area (TPSA) is 69.7 Å². The van der Waals surface area contributed by atoms with Gasteiger partial charge < -0.3 is 9.80 Å². The van der Waals surface area contributed by atoms with Crippen LogP contribution in [0.4, 0.5) is 4.79 Å². The fraction of sp³-hybridized carbons (Fsp3) is 0.435. The van der Waals surface area contributed by atoms with Gasteiger partial charge in [-0.05, 0) is 42.9 Å². The number of carbonyl (C=O) groups is 1. The predicted molar refractivity (Wildman–Crippen MR) is 121 cm³/mol. The van der Waals surface area contributed by atoms with Crippen LogP contribution in [0.3, 0.4) is 0 Å². The van der Waals surface area contributed by atoms with E-state index in [0.29, 0.717) is 19.5 Å². The van der Waals surface area contributed by atoms with Crippen LogP contribution in [0.5, 0.6) is 0 Å². The zero-order valence-corrected chi connectivity index (χ0v) is 18.7. The molecule has 0 saturated carbocycles. The van der Waals surface area contributed by atoms with Crippen molar-refractivity contribution in [2.45, 2.75) is 38.3 Å². The Bertz CT molecular complexity index is 963. The van der Waals surface area contributed by atoms with Crippen LogP contribution in [-0.4, -0.2) is 62.7 Å². The van der Waals surface area contributed by atoms with Crippen molar-refractivity contribution < 1.29 is 13.2 Å². The molecule has 0 spiro atoms. The van der Waals surface area contributed by atoms with E-state index in [1.54, 1.807) is 11.9 Å². The number of piperidine rings is 1. The molecule has 30 heavy (non-hydrogen) atoms. The minimum atomic E-state index is -3.38. The fourth-order valence-electron chi connectivity index (χ4n) is 4.06. The molecule has 162 valence electrons. The maximum atomic E-state index is 13.0. The molecule has 2 unspecified atom stereocenters. The lowest BCUT2D eigenvalue weighted by molar-refractivity contribution is 0.110. The van der Waals surface area contributed by atoms with Crippen molar-refractivity contribution in [3.8, 4) is 11.1 Å². The van der Waals surface area contributed by atoms with E-state index in [1.807, 2.05) is 42.2 Å². The van der Waals surface area contributed by atoms with Crippen LogP contribution < -0.4 is 4.72 Å². The van der Waals surface area contributed by atoms with E-state index in [0.717, 1.165) is 29.5 Å². The highest BCUT2D eigenvalue weighted by molar-refractivity contribution is 7.88. The van der Waals surface area contributed by atoms with Crippen molar-refractivity contribution in [2.24, 2.45) is 0 Å². The number of urea groups is 1. The summed E-state index contributed by atoms with van der Waals surface area (Å²) in [5.41, 5.74) is 3.33. The molecule has 1 saturated heterocycles. The normalized spacial score (nSPS) is 19.5. The second kappa shape index (κ2) is 9.62. The van der Waals surface area contributed by atoms with Crippen LogP contribution in [0.1, 0.15) is 25.3 Å². The first kappa shape index (κ1) is 22.3. The lowest BCUT2D eigenvalue weighted by Crippen LogP contribution is -2.59. The molecule has 2 aromatic carbocycles. The number of carbonyl (C=O) groups excluding carboxylic acids is 1. The van der Waals surface area contributed by atoms with Crippen LogP contribution in [-0.2, 0) is 16.4 Å². The molecule has 0 aliphatic carbocycles. The first-order valence-electron chi connectivity index (χ1n) is 10.4. The first-order valence-corrected chi connectivity index (χ1v) is 12.3. The molecule has 7 heteroatoms. The van der Waals surface area contributed by atoms with Crippen molar-refractivity contribution in [3.05, 3.63) is 60.2 Å². The Labute approximate surface area is 179 Å². The molecular formula is C23H31N3O3S. The third kappa shape index (κ3) is 5.61. The number of amides is 2. The quantitative estimate of drug-likeness (QED) is 0.766. The van der Waals surface area contributed by atoms with Crippen LogP contribution in [0.25, 0.3) is 11.1 Å². The van der Waals surface area contributed by atoms with Crippen molar-refractivity contribution in [3.63, 3.8) is 0 Å². The lowest BCUT2D eigenvalue weighted by Gasteiger charge is -2.43. The zero-order valence-electron chi connectivity index (χ0n) is 17.9. The number of benzene rings is 2. The Kier molecular flexibility index (Phi) is 7.15. The molecule has 0 bridgehead atoms. The van der Waals surface area contributed by atoms with Gasteiger partial charge in [0.1, 0.15) is 0 Å². The van der Waals surface area contributed by atoms with Crippen molar-refractivity contribution in [1.82, 2.24) is 14.5 Å². The van der Waals surface area contributed by atoms with Gasteiger partial charge in [0.25, 0.3) is 0 Å². The van der Waals surface area contributed by atoms with Gasteiger partial charge in [-0.15, -0.1) is 0 Å². The number of likely N-dealkylation sites (tertiary alicyclic amines) is 1. The van der Waals surface area contributed by atoms with Crippen LogP contribution >= 0.6 is 0 Å². The molecule has 2 amide bonds. The Hall–Kier alpha value is -2.38. The minimum absolute atomic E-state index is 0.0540. The SMILES string of the molecule is CCN(C)C(=O)N1CCCC(NS(C)(=O)=O)C1Cc1cccc(-c2ccccc2)c1. The van der Waals surface area contributed by atoms with E-state index in [-0.39, 0.29) is 18.1 Å². The lowest BCUT2D eigenvalue weighted by atomic mass is 9.90. The van der Waals surface area contributed by atoms with Gasteiger partial charge in [0, 0.05) is 26.2 Å². The monoisotopic (exact) mass is 429 g/mol. The summed E-state index contributed by atoms with van der Waals surface area (Å²) in [5, 5.41) is 0. The summed E-state index contributed by atoms with van der Waals surface area (Å²) in [6.07, 6.45) is 3.27. The number of hydrogen-bond acceptors (Lipinski definition) is 3. The highest BCUT2D eigenvalue weighted by atomic mass is 32.2. The van der Waals surface area contributed by atoms with E-state index in [1.165, 1.54) is 6.26 Å². The molecule has 1 aliphatic heterocycles. The molecule has 0 aromatic heterocycles. The van der Waals surface area contributed by atoms with Gasteiger partial charge in [-0.25, -0.2) is 17.9 Å². The third-order valence-corrected chi connectivity index (χ3v) is 6.40. The predicted octanol–water partition coefficient (Wildman–Crippen LogP) is 3.35. The van der Waals surface area contributed by atoms with Gasteiger partial charge in [0.2, 0.25) is 10.0 Å². The second-order valence-electron chi connectivity index (χ2n) is 7.97. The molecular weight excluding hydrogens is 398 g/mol. The van der Waals surface area contributed by atoms with Crippen molar-refractivity contribution in [2.75, 3.05) is 26.4 Å². The van der Waals surface area contributed by atoms with E-state index in [2.05, 4.69) is 29.0 Å². The second-order valence-corrected chi connectivity index (χ2v) is 9.75. The van der Waals surface area contributed by atoms with Gasteiger partial charge in [0.15, 0.2) is 0 Å². The van der Waals surface area contributed by atoms with Gasteiger partial charge in [0.05, 0.1) is 12.3 Å². The molecule has 6 nitrogen and oxygen atoms in total. The van der Waals surface area contributed by atoms with Crippen LogP contribution in [0.2, 0.25) is 0 Å². The summed E-state index contributed by atoms with van der Waals surface area (Å²) in [6, 6.07) is 17.8. The van der Waals surface area contributed by atoms with Crippen molar-refractivity contribution in [1.29, 1.82) is 0 Å². The summed E-state index contributed by atoms with van der Waals surface area (Å²) in [6.45, 7) is 3.18. The van der Waals surface area contributed by atoms with E-state index < -0.39 is 10.0 Å². The van der Waals surface area contributed by atoms with Gasteiger partial charge in [-0.1, -0.05) is 54.6 Å². The number of nitrogens with one attached hydrogen (secondary N) is 1. The molecule has 2 atom stereocenters. The maximum absolute atomic E-state index is 13.0. The highest BCUT2D eigenvalue weighted by Crippen LogP contribution is 2.26. The first-order chi connectivity index (χ1) is 14.3. The molecule has 0 radical (unpaired) electrons. The zero-order chi connectivity index (χ0) is 21.7. The summed E-state index contributed by atoms with van der Waals surface area (Å²) in [5.74, 6) is 0. The Morgan fingerprint density at radius 2 is 1.83 bits per heavy atom. The number of nitrogens with zero attached hydrogens (tertiary/aromatic N) is 2. The third-order valence-electron chi connectivity index (χ3n) is 5.67. The number of hydrogen-bond donors (Lipinski definition) is 1. The van der Waals surface area contributed by atoms with E-state index in [9.17, 15) is 13.2 Å². The Balaban J connectivity index is 1.91. The summed E-state index contributed by atoms with van der Waals surface area (Å²) in [4.78, 5) is 16.5. The average molecular weight is 430 g/mol. The largest absolute Gasteiger partial charge is 0.328 e. The molecule has 1 heterocycles. The van der Waals surface area contributed by atoms with Crippen LogP contribution in [0.15, 0.2) is 54.6 Å². The van der Waals surface area contributed by atoms with E-state index in [4.69, 9.17) is 0 Å². The minimum Gasteiger partial charge on any atom is -0.328 e. The summed E-state index contributed by atoms with van der Waals surface area (Å²) in [7, 11) is -1.60. The van der Waals surface area contributed by atoms with Crippen LogP contribution in [0, 0.1) is 0 Å². The van der Waals surface area contributed by atoms with E-state index >= 15 is 0 Å². The maximum Gasteiger partial charge on any atom is 0.320 e. The van der Waals surface area contributed by atoms with Gasteiger partial charge in [-0.2, -0.15) is 0 Å². The fourth-order valence-corrected chi connectivity index (χ4v) is 4.89. The molecule has 2 aromatic rings. The van der Waals surface area contributed by atoms with Gasteiger partial charge in [-0.3, -0.25) is 0 Å². The average Bonchev–Trinajstić information content (AvgIpc) is 2.73. The Morgan fingerprint density at radius 3 is 2.50 bits per heavy atom.